The molecular weight excluding hydrogens is 447 g/mol. The monoisotopic (exact) mass is 472 g/mol. The number of rotatable bonds is 8. The van der Waals surface area contributed by atoms with Gasteiger partial charge in [-0.1, -0.05) is 41.4 Å². The Bertz CT molecular complexity index is 1060. The van der Waals surface area contributed by atoms with Gasteiger partial charge in [-0.3, -0.25) is 0 Å². The lowest BCUT2D eigenvalue weighted by Crippen LogP contribution is -2.36. The number of nitrogens with zero attached hydrogens (tertiary/aromatic N) is 1. The quantitative estimate of drug-likeness (QED) is 0.433. The predicted molar refractivity (Wildman–Crippen MR) is 131 cm³/mol. The molecule has 7 heteroatoms. The minimum atomic E-state index is 0.419. The third-order valence-electron chi connectivity index (χ3n) is 5.31. The van der Waals surface area contributed by atoms with Gasteiger partial charge in [0.2, 0.25) is 0 Å². The van der Waals surface area contributed by atoms with Crippen LogP contribution in [-0.4, -0.2) is 33.4 Å². The normalized spacial score (nSPS) is 13.7. The van der Waals surface area contributed by atoms with Gasteiger partial charge in [-0.15, -0.1) is 0 Å². The number of hydrogen-bond donors (Lipinski definition) is 1. The first-order valence-corrected chi connectivity index (χ1v) is 11.3. The third kappa shape index (κ3) is 5.80. The average molecular weight is 473 g/mol. The maximum atomic E-state index is 6.54. The van der Waals surface area contributed by atoms with Gasteiger partial charge < -0.3 is 24.4 Å². The molecule has 0 aliphatic carbocycles. The topological polar surface area (TPSA) is 43.0 Å². The largest absolute Gasteiger partial charge is 0.493 e. The van der Waals surface area contributed by atoms with Crippen molar-refractivity contribution in [3.63, 3.8) is 0 Å². The molecule has 3 aromatic rings. The molecule has 0 bridgehead atoms. The lowest BCUT2D eigenvalue weighted by molar-refractivity contribution is 0.122. The molecule has 3 aromatic carbocycles. The Kier molecular flexibility index (Phi) is 7.63. The third-order valence-corrected chi connectivity index (χ3v) is 5.85. The van der Waals surface area contributed by atoms with E-state index in [1.807, 2.05) is 48.5 Å². The van der Waals surface area contributed by atoms with Crippen molar-refractivity contribution in [3.8, 4) is 11.5 Å². The van der Waals surface area contributed by atoms with Gasteiger partial charge in [0.15, 0.2) is 11.5 Å². The van der Waals surface area contributed by atoms with Gasteiger partial charge in [0.1, 0.15) is 6.61 Å². The Morgan fingerprint density at radius 3 is 2.53 bits per heavy atom. The smallest absolute Gasteiger partial charge is 0.161 e. The van der Waals surface area contributed by atoms with E-state index in [0.717, 1.165) is 53.8 Å². The van der Waals surface area contributed by atoms with Crippen LogP contribution in [0.3, 0.4) is 0 Å². The van der Waals surface area contributed by atoms with Crippen molar-refractivity contribution in [2.45, 2.75) is 13.2 Å². The zero-order chi connectivity index (χ0) is 22.3. The maximum Gasteiger partial charge on any atom is 0.161 e. The molecule has 0 unspecified atom stereocenters. The van der Waals surface area contributed by atoms with Crippen LogP contribution in [0, 0.1) is 0 Å². The van der Waals surface area contributed by atoms with Crippen LogP contribution in [0.4, 0.5) is 11.4 Å². The van der Waals surface area contributed by atoms with Gasteiger partial charge in [0, 0.05) is 30.3 Å². The van der Waals surface area contributed by atoms with Crippen LogP contribution < -0.4 is 19.7 Å². The summed E-state index contributed by atoms with van der Waals surface area (Å²) in [4.78, 5) is 2.25. The van der Waals surface area contributed by atoms with Gasteiger partial charge >= 0.3 is 0 Å². The predicted octanol–water partition coefficient (Wildman–Crippen LogP) is 6.03. The molecule has 4 rings (SSSR count). The van der Waals surface area contributed by atoms with E-state index in [9.17, 15) is 0 Å². The molecule has 5 nitrogen and oxygen atoms in total. The van der Waals surface area contributed by atoms with Gasteiger partial charge in [-0.05, 0) is 53.6 Å². The highest BCUT2D eigenvalue weighted by Crippen LogP contribution is 2.31. The number of nitrogens with one attached hydrogen (secondary N) is 1. The second-order valence-corrected chi connectivity index (χ2v) is 8.37. The van der Waals surface area contributed by atoms with Crippen LogP contribution in [0.15, 0.2) is 60.7 Å². The summed E-state index contributed by atoms with van der Waals surface area (Å²) < 4.78 is 16.9. The summed E-state index contributed by atoms with van der Waals surface area (Å²) in [5.74, 6) is 1.38. The summed E-state index contributed by atoms with van der Waals surface area (Å²) >= 11 is 12.6. The van der Waals surface area contributed by atoms with E-state index in [-0.39, 0.29) is 0 Å². The van der Waals surface area contributed by atoms with Crippen molar-refractivity contribution < 1.29 is 14.2 Å². The van der Waals surface area contributed by atoms with Gasteiger partial charge in [0.05, 0.1) is 31.0 Å². The summed E-state index contributed by atoms with van der Waals surface area (Å²) in [5.41, 5.74) is 4.09. The van der Waals surface area contributed by atoms with Crippen LogP contribution in [0.5, 0.6) is 11.5 Å². The van der Waals surface area contributed by atoms with E-state index < -0.39 is 0 Å². The fraction of sp³-hybridized carbons (Fsp3) is 0.280. The molecule has 1 heterocycles. The number of halogens is 2. The van der Waals surface area contributed by atoms with Crippen molar-refractivity contribution in [1.29, 1.82) is 0 Å². The Morgan fingerprint density at radius 1 is 0.938 bits per heavy atom. The first kappa shape index (κ1) is 22.6. The van der Waals surface area contributed by atoms with E-state index >= 15 is 0 Å². The summed E-state index contributed by atoms with van der Waals surface area (Å²) in [7, 11) is 1.64. The zero-order valence-corrected chi connectivity index (χ0v) is 19.5. The molecule has 1 fully saturated rings. The zero-order valence-electron chi connectivity index (χ0n) is 17.9. The summed E-state index contributed by atoms with van der Waals surface area (Å²) in [6.45, 7) is 4.24. The Balaban J connectivity index is 1.37. The van der Waals surface area contributed by atoms with Crippen molar-refractivity contribution in [1.82, 2.24) is 0 Å². The number of methoxy groups -OCH3 is 1. The number of hydrogen-bond acceptors (Lipinski definition) is 5. The highest BCUT2D eigenvalue weighted by atomic mass is 35.5. The molecule has 0 spiro atoms. The van der Waals surface area contributed by atoms with Crippen LogP contribution >= 0.6 is 23.2 Å². The Labute approximate surface area is 198 Å². The number of benzene rings is 3. The molecule has 1 aliphatic rings. The van der Waals surface area contributed by atoms with Crippen molar-refractivity contribution >= 4 is 34.6 Å². The van der Waals surface area contributed by atoms with E-state index in [4.69, 9.17) is 37.4 Å². The van der Waals surface area contributed by atoms with E-state index in [2.05, 4.69) is 22.3 Å². The second kappa shape index (κ2) is 10.8. The molecule has 168 valence electrons. The maximum absolute atomic E-state index is 6.54. The van der Waals surface area contributed by atoms with Crippen LogP contribution in [0.1, 0.15) is 11.1 Å². The standard InChI is InChI=1S/C25H26Cl2N2O3/c1-30-25-14-18(5-8-24(25)32-17-19-3-2-4-20(26)13-19)16-28-21-6-7-23(22(27)15-21)29-9-11-31-12-10-29/h2-8,13-15,28H,9-12,16-17H2,1H3. The summed E-state index contributed by atoms with van der Waals surface area (Å²) in [6.07, 6.45) is 0. The SMILES string of the molecule is COc1cc(CNc2ccc(N3CCOCC3)c(Cl)c2)ccc1OCc1cccc(Cl)c1. The second-order valence-electron chi connectivity index (χ2n) is 7.52. The minimum absolute atomic E-state index is 0.419. The van der Waals surface area contributed by atoms with Gasteiger partial charge in [-0.25, -0.2) is 0 Å². The lowest BCUT2D eigenvalue weighted by Gasteiger charge is -2.29. The lowest BCUT2D eigenvalue weighted by atomic mass is 10.2. The van der Waals surface area contributed by atoms with Crippen molar-refractivity contribution in [2.24, 2.45) is 0 Å². The van der Waals surface area contributed by atoms with Crippen LogP contribution in [-0.2, 0) is 17.9 Å². The Hall–Kier alpha value is -2.60. The summed E-state index contributed by atoms with van der Waals surface area (Å²) in [5, 5.41) is 4.86. The Morgan fingerprint density at radius 2 is 1.78 bits per heavy atom. The van der Waals surface area contributed by atoms with E-state index in [1.54, 1.807) is 7.11 Å². The number of morpholine rings is 1. The number of ether oxygens (including phenoxy) is 3. The average Bonchev–Trinajstić information content (AvgIpc) is 2.82. The molecule has 0 aromatic heterocycles. The molecule has 32 heavy (non-hydrogen) atoms. The van der Waals surface area contributed by atoms with E-state index in [0.29, 0.717) is 29.7 Å². The first-order chi connectivity index (χ1) is 15.6. The van der Waals surface area contributed by atoms with Crippen molar-refractivity contribution in [2.75, 3.05) is 43.6 Å². The molecule has 0 saturated carbocycles. The minimum Gasteiger partial charge on any atom is -0.493 e. The first-order valence-electron chi connectivity index (χ1n) is 10.5. The molecule has 0 atom stereocenters. The van der Waals surface area contributed by atoms with Gasteiger partial charge in [-0.2, -0.15) is 0 Å². The fourth-order valence-corrected chi connectivity index (χ4v) is 4.12. The molecule has 1 saturated heterocycles. The van der Waals surface area contributed by atoms with Crippen LogP contribution in [0.2, 0.25) is 10.0 Å². The number of anilines is 2. The van der Waals surface area contributed by atoms with E-state index in [1.165, 1.54) is 0 Å². The molecule has 1 N–H and O–H groups in total. The highest BCUT2D eigenvalue weighted by Gasteiger charge is 2.14. The fourth-order valence-electron chi connectivity index (χ4n) is 3.61. The molecular formula is C25H26Cl2N2O3. The summed E-state index contributed by atoms with van der Waals surface area (Å²) in [6, 6.07) is 19.6. The van der Waals surface area contributed by atoms with Crippen molar-refractivity contribution in [3.05, 3.63) is 81.8 Å². The van der Waals surface area contributed by atoms with Crippen LogP contribution in [0.25, 0.3) is 0 Å². The molecule has 0 amide bonds. The molecule has 0 radical (unpaired) electrons. The molecule has 1 aliphatic heterocycles. The van der Waals surface area contributed by atoms with Gasteiger partial charge in [0.25, 0.3) is 0 Å². The highest BCUT2D eigenvalue weighted by molar-refractivity contribution is 6.33.